The van der Waals surface area contributed by atoms with Crippen LogP contribution >= 0.6 is 0 Å². The van der Waals surface area contributed by atoms with Gasteiger partial charge in [-0.15, -0.1) is 0 Å². The zero-order valence-corrected chi connectivity index (χ0v) is 16.8. The second-order valence-corrected chi connectivity index (χ2v) is 8.10. The number of aliphatic hydroxyl groups is 1. The second-order valence-electron chi connectivity index (χ2n) is 8.10. The van der Waals surface area contributed by atoms with Gasteiger partial charge in [-0.05, 0) is 68.7 Å². The van der Waals surface area contributed by atoms with Gasteiger partial charge in [-0.3, -0.25) is 9.48 Å². The number of rotatable bonds is 7. The van der Waals surface area contributed by atoms with Crippen molar-refractivity contribution in [2.45, 2.75) is 63.3 Å². The first kappa shape index (κ1) is 19.8. The van der Waals surface area contributed by atoms with Crippen molar-refractivity contribution in [3.8, 4) is 11.5 Å². The van der Waals surface area contributed by atoms with E-state index in [1.54, 1.807) is 31.5 Å². The summed E-state index contributed by atoms with van der Waals surface area (Å²) in [5, 5.41) is 17.6. The maximum Gasteiger partial charge on any atom is 0.251 e. The van der Waals surface area contributed by atoms with Gasteiger partial charge in [-0.25, -0.2) is 0 Å². The Morgan fingerprint density at radius 2 is 2.10 bits per heavy atom. The number of carbonyl (C=O) groups excluding carboxylic acids is 1. The molecule has 2 aromatic rings. The van der Waals surface area contributed by atoms with E-state index in [-0.39, 0.29) is 24.0 Å². The first-order valence-corrected chi connectivity index (χ1v) is 10.4. The van der Waals surface area contributed by atoms with Crippen molar-refractivity contribution < 1.29 is 19.4 Å². The number of aliphatic hydroxyl groups excluding tert-OH is 1. The second kappa shape index (κ2) is 8.86. The van der Waals surface area contributed by atoms with E-state index in [1.165, 1.54) is 12.8 Å². The summed E-state index contributed by atoms with van der Waals surface area (Å²) in [5.41, 5.74) is 0.503. The number of hydrogen-bond acceptors (Lipinski definition) is 5. The first-order valence-electron chi connectivity index (χ1n) is 10.4. The molecule has 3 atom stereocenters. The number of methoxy groups -OCH3 is 1. The molecular formula is C22H29N3O4. The van der Waals surface area contributed by atoms with Gasteiger partial charge in [0.1, 0.15) is 0 Å². The average Bonchev–Trinajstić information content (AvgIpc) is 3.47. The summed E-state index contributed by atoms with van der Waals surface area (Å²) in [5.74, 6) is 1.32. The Hall–Kier alpha value is -2.54. The van der Waals surface area contributed by atoms with Crippen molar-refractivity contribution >= 4 is 5.91 Å². The number of ether oxygens (including phenoxy) is 2. The van der Waals surface area contributed by atoms with Crippen LogP contribution in [0.1, 0.15) is 48.9 Å². The molecule has 7 heteroatoms. The van der Waals surface area contributed by atoms with Crippen LogP contribution in [-0.4, -0.2) is 46.2 Å². The molecule has 7 nitrogen and oxygen atoms in total. The Kier molecular flexibility index (Phi) is 6.04. The van der Waals surface area contributed by atoms with Gasteiger partial charge >= 0.3 is 0 Å². The Morgan fingerprint density at radius 1 is 1.28 bits per heavy atom. The molecular weight excluding hydrogens is 370 g/mol. The van der Waals surface area contributed by atoms with Crippen molar-refractivity contribution in [3.05, 3.63) is 42.2 Å². The van der Waals surface area contributed by atoms with E-state index < -0.39 is 6.10 Å². The van der Waals surface area contributed by atoms with Gasteiger partial charge in [0.25, 0.3) is 5.91 Å². The van der Waals surface area contributed by atoms with Crippen LogP contribution in [0.25, 0.3) is 0 Å². The number of carbonyl (C=O) groups is 1. The van der Waals surface area contributed by atoms with Crippen molar-refractivity contribution in [1.29, 1.82) is 0 Å². The standard InChI is InChI=1S/C22H29N3O4/c1-28-21-13-16(7-8-20(21)29-17-5-2-3-6-17)22(27)24-18-11-15(12-19(18)26)14-25-10-4-9-23-25/h4,7-10,13,15,17-19,26H,2-3,5-6,11-12,14H2,1H3,(H,24,27)/t15?,18-,19-/m1/s1. The highest BCUT2D eigenvalue weighted by Gasteiger charge is 2.34. The Balaban J connectivity index is 1.37. The maximum absolute atomic E-state index is 12.8. The zero-order chi connectivity index (χ0) is 20.2. The van der Waals surface area contributed by atoms with Gasteiger partial charge in [0.05, 0.1) is 25.4 Å². The quantitative estimate of drug-likeness (QED) is 0.748. The lowest BCUT2D eigenvalue weighted by Crippen LogP contribution is -2.39. The molecule has 1 aromatic carbocycles. The van der Waals surface area contributed by atoms with Gasteiger partial charge in [-0.2, -0.15) is 5.10 Å². The Morgan fingerprint density at radius 3 is 2.83 bits per heavy atom. The van der Waals surface area contributed by atoms with Gasteiger partial charge in [0.2, 0.25) is 0 Å². The summed E-state index contributed by atoms with van der Waals surface area (Å²) >= 11 is 0. The molecule has 4 rings (SSSR count). The highest BCUT2D eigenvalue weighted by molar-refractivity contribution is 5.95. The monoisotopic (exact) mass is 399 g/mol. The number of benzene rings is 1. The SMILES string of the molecule is COc1cc(C(=O)N[C@@H]2CC(Cn3cccn3)C[C@H]2O)ccc1OC1CCCC1. The summed E-state index contributed by atoms with van der Waals surface area (Å²) in [6.07, 6.45) is 9.23. The van der Waals surface area contributed by atoms with E-state index in [0.29, 0.717) is 23.5 Å². The number of hydrogen-bond donors (Lipinski definition) is 2. The lowest BCUT2D eigenvalue weighted by molar-refractivity contribution is 0.0872. The molecule has 2 aliphatic rings. The minimum atomic E-state index is -0.550. The van der Waals surface area contributed by atoms with Gasteiger partial charge in [0, 0.05) is 24.5 Å². The smallest absolute Gasteiger partial charge is 0.251 e. The molecule has 1 unspecified atom stereocenters. The third-order valence-corrected chi connectivity index (χ3v) is 5.97. The zero-order valence-electron chi connectivity index (χ0n) is 16.8. The van der Waals surface area contributed by atoms with Crippen LogP contribution in [0.2, 0.25) is 0 Å². The van der Waals surface area contributed by atoms with E-state index in [0.717, 1.165) is 25.8 Å². The number of nitrogens with zero attached hydrogens (tertiary/aromatic N) is 2. The van der Waals surface area contributed by atoms with Crippen LogP contribution in [0.15, 0.2) is 36.7 Å². The molecule has 2 fully saturated rings. The summed E-state index contributed by atoms with van der Waals surface area (Å²) < 4.78 is 13.4. The molecule has 1 heterocycles. The van der Waals surface area contributed by atoms with Crippen LogP contribution in [0.5, 0.6) is 11.5 Å². The average molecular weight is 399 g/mol. The van der Waals surface area contributed by atoms with E-state index in [4.69, 9.17) is 9.47 Å². The molecule has 2 saturated carbocycles. The van der Waals surface area contributed by atoms with Crippen LogP contribution in [-0.2, 0) is 6.54 Å². The lowest BCUT2D eigenvalue weighted by Gasteiger charge is -2.18. The summed E-state index contributed by atoms with van der Waals surface area (Å²) in [4.78, 5) is 12.8. The first-order chi connectivity index (χ1) is 14.1. The maximum atomic E-state index is 12.8. The molecule has 29 heavy (non-hydrogen) atoms. The van der Waals surface area contributed by atoms with Gasteiger partial charge in [0.15, 0.2) is 11.5 Å². The van der Waals surface area contributed by atoms with E-state index >= 15 is 0 Å². The molecule has 2 N–H and O–H groups in total. The number of nitrogens with one attached hydrogen (secondary N) is 1. The summed E-state index contributed by atoms with van der Waals surface area (Å²) in [6, 6.07) is 6.89. The molecule has 0 bridgehead atoms. The minimum absolute atomic E-state index is 0.209. The van der Waals surface area contributed by atoms with Crippen LogP contribution in [0, 0.1) is 5.92 Å². The fraction of sp³-hybridized carbons (Fsp3) is 0.545. The lowest BCUT2D eigenvalue weighted by atomic mass is 10.1. The van der Waals surface area contributed by atoms with E-state index in [1.807, 2.05) is 16.9 Å². The molecule has 0 aliphatic heterocycles. The molecule has 156 valence electrons. The van der Waals surface area contributed by atoms with Crippen LogP contribution in [0.3, 0.4) is 0 Å². The normalized spacial score (nSPS) is 24.6. The highest BCUT2D eigenvalue weighted by atomic mass is 16.5. The predicted molar refractivity (Wildman–Crippen MR) is 108 cm³/mol. The van der Waals surface area contributed by atoms with Gasteiger partial charge < -0.3 is 19.9 Å². The Labute approximate surface area is 171 Å². The minimum Gasteiger partial charge on any atom is -0.493 e. The van der Waals surface area contributed by atoms with Crippen molar-refractivity contribution in [1.82, 2.24) is 15.1 Å². The predicted octanol–water partition coefficient (Wildman–Crippen LogP) is 2.78. The summed E-state index contributed by atoms with van der Waals surface area (Å²) in [7, 11) is 1.58. The van der Waals surface area contributed by atoms with Crippen LogP contribution in [0.4, 0.5) is 0 Å². The fourth-order valence-corrected chi connectivity index (χ4v) is 4.44. The van der Waals surface area contributed by atoms with Crippen molar-refractivity contribution in [2.75, 3.05) is 7.11 Å². The Bertz CT molecular complexity index is 817. The molecule has 0 radical (unpaired) electrons. The highest BCUT2D eigenvalue weighted by Crippen LogP contribution is 2.33. The van der Waals surface area contributed by atoms with E-state index in [9.17, 15) is 9.90 Å². The third kappa shape index (κ3) is 4.72. The van der Waals surface area contributed by atoms with Crippen LogP contribution < -0.4 is 14.8 Å². The number of amides is 1. The molecule has 2 aliphatic carbocycles. The number of aromatic nitrogens is 2. The van der Waals surface area contributed by atoms with Crippen molar-refractivity contribution in [2.24, 2.45) is 5.92 Å². The molecule has 1 amide bonds. The third-order valence-electron chi connectivity index (χ3n) is 5.97. The summed E-state index contributed by atoms with van der Waals surface area (Å²) in [6.45, 7) is 0.747. The molecule has 1 aromatic heterocycles. The van der Waals surface area contributed by atoms with Gasteiger partial charge in [-0.1, -0.05) is 0 Å². The molecule has 0 spiro atoms. The largest absolute Gasteiger partial charge is 0.493 e. The molecule has 0 saturated heterocycles. The van der Waals surface area contributed by atoms with E-state index in [2.05, 4.69) is 10.4 Å². The van der Waals surface area contributed by atoms with Crippen molar-refractivity contribution in [3.63, 3.8) is 0 Å². The topological polar surface area (TPSA) is 85.6 Å². The fourth-order valence-electron chi connectivity index (χ4n) is 4.44.